The highest BCUT2D eigenvalue weighted by Gasteiger charge is 2.47. The van der Waals surface area contributed by atoms with E-state index in [2.05, 4.69) is 54.0 Å². The first kappa shape index (κ1) is 19.2. The van der Waals surface area contributed by atoms with E-state index in [1.807, 2.05) is 4.90 Å². The lowest BCUT2D eigenvalue weighted by molar-refractivity contribution is -0.142. The fourth-order valence-corrected chi connectivity index (χ4v) is 5.25. The zero-order valence-electron chi connectivity index (χ0n) is 16.6. The number of carbonyl (C=O) groups excluding carboxylic acids is 2. The van der Waals surface area contributed by atoms with Crippen molar-refractivity contribution < 1.29 is 9.59 Å². The van der Waals surface area contributed by atoms with Gasteiger partial charge in [0, 0.05) is 30.9 Å². The Balaban J connectivity index is 1.54. The van der Waals surface area contributed by atoms with Crippen LogP contribution < -0.4 is 5.32 Å². The molecule has 2 aliphatic rings. The van der Waals surface area contributed by atoms with Crippen LogP contribution in [0.3, 0.4) is 0 Å². The number of thiophene rings is 1. The highest BCUT2D eigenvalue weighted by Crippen LogP contribution is 2.42. The summed E-state index contributed by atoms with van der Waals surface area (Å²) in [6.07, 6.45) is 3.37. The smallest absolute Gasteiger partial charge is 0.228 e. The Morgan fingerprint density at radius 1 is 1.25 bits per heavy atom. The van der Waals surface area contributed by atoms with Crippen LogP contribution in [0.25, 0.3) is 10.4 Å². The van der Waals surface area contributed by atoms with Gasteiger partial charge in [-0.15, -0.1) is 11.3 Å². The van der Waals surface area contributed by atoms with Crippen LogP contribution in [0, 0.1) is 17.3 Å². The SMILES string of the molecule is CNC(=O)[C@]1(Cc2ccc(-c3cccs3)cc2)CCCN(C(=O)[C@H]2C[C@@H]2C)C1. The number of carbonyl (C=O) groups is 2. The topological polar surface area (TPSA) is 49.4 Å². The highest BCUT2D eigenvalue weighted by atomic mass is 32.1. The first-order valence-corrected chi connectivity index (χ1v) is 11.0. The van der Waals surface area contributed by atoms with Crippen molar-refractivity contribution in [2.75, 3.05) is 20.1 Å². The summed E-state index contributed by atoms with van der Waals surface area (Å²) >= 11 is 1.73. The van der Waals surface area contributed by atoms with Crippen LogP contribution >= 0.6 is 11.3 Å². The van der Waals surface area contributed by atoms with E-state index in [4.69, 9.17) is 0 Å². The molecule has 1 saturated heterocycles. The molecule has 4 nitrogen and oxygen atoms in total. The molecule has 1 N–H and O–H groups in total. The molecule has 1 aromatic heterocycles. The normalized spacial score (nSPS) is 26.7. The second-order valence-electron chi connectivity index (χ2n) is 8.39. The maximum absolute atomic E-state index is 12.9. The minimum atomic E-state index is -0.536. The van der Waals surface area contributed by atoms with Crippen LogP contribution in [0.5, 0.6) is 0 Å². The molecule has 2 amide bonds. The van der Waals surface area contributed by atoms with E-state index >= 15 is 0 Å². The van der Waals surface area contributed by atoms with Crippen molar-refractivity contribution in [3.63, 3.8) is 0 Å². The number of piperidine rings is 1. The van der Waals surface area contributed by atoms with E-state index in [9.17, 15) is 9.59 Å². The largest absolute Gasteiger partial charge is 0.359 e. The van der Waals surface area contributed by atoms with E-state index in [1.165, 1.54) is 10.4 Å². The van der Waals surface area contributed by atoms with Crippen LogP contribution in [0.1, 0.15) is 31.7 Å². The second kappa shape index (κ2) is 7.70. The Morgan fingerprint density at radius 3 is 2.61 bits per heavy atom. The van der Waals surface area contributed by atoms with Crippen molar-refractivity contribution in [2.24, 2.45) is 17.3 Å². The number of nitrogens with one attached hydrogen (secondary N) is 1. The van der Waals surface area contributed by atoms with E-state index in [0.29, 0.717) is 18.9 Å². The maximum atomic E-state index is 12.9. The fraction of sp³-hybridized carbons (Fsp3) is 0.478. The van der Waals surface area contributed by atoms with Crippen molar-refractivity contribution in [3.05, 3.63) is 47.3 Å². The second-order valence-corrected chi connectivity index (χ2v) is 9.34. The van der Waals surface area contributed by atoms with Gasteiger partial charge in [0.2, 0.25) is 11.8 Å². The molecule has 2 heterocycles. The number of amides is 2. The van der Waals surface area contributed by atoms with Gasteiger partial charge in [0.25, 0.3) is 0 Å². The van der Waals surface area contributed by atoms with E-state index in [-0.39, 0.29) is 17.7 Å². The lowest BCUT2D eigenvalue weighted by Crippen LogP contribution is -2.54. The van der Waals surface area contributed by atoms with Gasteiger partial charge in [0.05, 0.1) is 5.41 Å². The third-order valence-electron chi connectivity index (χ3n) is 6.33. The van der Waals surface area contributed by atoms with Gasteiger partial charge in [0.1, 0.15) is 0 Å². The summed E-state index contributed by atoms with van der Waals surface area (Å²) in [4.78, 5) is 28.9. The summed E-state index contributed by atoms with van der Waals surface area (Å²) in [5, 5.41) is 4.95. The Morgan fingerprint density at radius 2 is 2.00 bits per heavy atom. The quantitative estimate of drug-likeness (QED) is 0.831. The van der Waals surface area contributed by atoms with Crippen LogP contribution in [0.15, 0.2) is 41.8 Å². The predicted molar refractivity (Wildman–Crippen MR) is 113 cm³/mol. The van der Waals surface area contributed by atoms with Crippen LogP contribution in [0.2, 0.25) is 0 Å². The standard InChI is InChI=1S/C23H28N2O2S/c1-16-13-19(16)21(26)25-11-4-10-23(15-25,22(27)24-2)14-17-6-8-18(9-7-17)20-5-3-12-28-20/h3,5-9,12,16,19H,4,10-11,13-15H2,1-2H3,(H,24,27)/t16-,19-,23-/m0/s1. The van der Waals surface area contributed by atoms with Crippen molar-refractivity contribution in [1.29, 1.82) is 0 Å². The van der Waals surface area contributed by atoms with Gasteiger partial charge in [-0.2, -0.15) is 0 Å². The summed E-state index contributed by atoms with van der Waals surface area (Å²) in [7, 11) is 1.70. The summed E-state index contributed by atoms with van der Waals surface area (Å²) < 4.78 is 0. The third kappa shape index (κ3) is 3.72. The average Bonchev–Trinajstić information content (AvgIpc) is 3.20. The van der Waals surface area contributed by atoms with E-state index in [1.54, 1.807) is 18.4 Å². The van der Waals surface area contributed by atoms with Crippen molar-refractivity contribution >= 4 is 23.2 Å². The maximum Gasteiger partial charge on any atom is 0.228 e. The molecule has 0 bridgehead atoms. The Kier molecular flexibility index (Phi) is 5.28. The van der Waals surface area contributed by atoms with Gasteiger partial charge in [-0.05, 0) is 54.2 Å². The molecule has 5 heteroatoms. The lowest BCUT2D eigenvalue weighted by Gasteiger charge is -2.42. The average molecular weight is 397 g/mol. The molecule has 28 heavy (non-hydrogen) atoms. The van der Waals surface area contributed by atoms with E-state index < -0.39 is 5.41 Å². The van der Waals surface area contributed by atoms with Crippen LogP contribution in [-0.2, 0) is 16.0 Å². The van der Waals surface area contributed by atoms with Crippen molar-refractivity contribution in [2.45, 2.75) is 32.6 Å². The zero-order valence-corrected chi connectivity index (χ0v) is 17.4. The molecule has 3 atom stereocenters. The van der Waals surface area contributed by atoms with Gasteiger partial charge in [0.15, 0.2) is 0 Å². The van der Waals surface area contributed by atoms with Crippen molar-refractivity contribution in [3.8, 4) is 10.4 Å². The Labute approximate surface area is 170 Å². The molecular formula is C23H28N2O2S. The fourth-order valence-electron chi connectivity index (χ4n) is 4.52. The van der Waals surface area contributed by atoms with Gasteiger partial charge in [-0.25, -0.2) is 0 Å². The summed E-state index contributed by atoms with van der Waals surface area (Å²) in [6, 6.07) is 12.7. The van der Waals surface area contributed by atoms with Gasteiger partial charge in [-0.3, -0.25) is 9.59 Å². The molecule has 1 saturated carbocycles. The van der Waals surface area contributed by atoms with E-state index in [0.717, 1.165) is 31.4 Å². The summed E-state index contributed by atoms with van der Waals surface area (Å²) in [5.74, 6) is 0.962. The highest BCUT2D eigenvalue weighted by molar-refractivity contribution is 7.13. The third-order valence-corrected chi connectivity index (χ3v) is 7.25. The minimum Gasteiger partial charge on any atom is -0.359 e. The van der Waals surface area contributed by atoms with Crippen LogP contribution in [-0.4, -0.2) is 36.9 Å². The summed E-state index contributed by atoms with van der Waals surface area (Å²) in [5.41, 5.74) is 1.82. The lowest BCUT2D eigenvalue weighted by atomic mass is 9.74. The molecule has 0 radical (unpaired) electrons. The molecule has 1 aliphatic carbocycles. The number of likely N-dealkylation sites (tertiary alicyclic amines) is 1. The van der Waals surface area contributed by atoms with Gasteiger partial charge in [-0.1, -0.05) is 37.3 Å². The first-order valence-electron chi connectivity index (χ1n) is 10.2. The predicted octanol–water partition coefficient (Wildman–Crippen LogP) is 3.97. The monoisotopic (exact) mass is 396 g/mol. The molecular weight excluding hydrogens is 368 g/mol. The molecule has 1 aromatic carbocycles. The molecule has 0 unspecified atom stereocenters. The molecule has 0 spiro atoms. The van der Waals surface area contributed by atoms with Crippen molar-refractivity contribution in [1.82, 2.24) is 10.2 Å². The Bertz CT molecular complexity index is 846. The molecule has 148 valence electrons. The molecule has 2 aromatic rings. The zero-order chi connectivity index (χ0) is 19.7. The number of rotatable bonds is 5. The minimum absolute atomic E-state index is 0.0520. The Hall–Kier alpha value is -2.14. The first-order chi connectivity index (χ1) is 13.5. The number of hydrogen-bond donors (Lipinski definition) is 1. The number of nitrogens with zero attached hydrogens (tertiary/aromatic N) is 1. The van der Waals surface area contributed by atoms with Crippen LogP contribution in [0.4, 0.5) is 0 Å². The van der Waals surface area contributed by atoms with Gasteiger partial charge >= 0.3 is 0 Å². The molecule has 2 fully saturated rings. The number of hydrogen-bond acceptors (Lipinski definition) is 3. The van der Waals surface area contributed by atoms with Gasteiger partial charge < -0.3 is 10.2 Å². The molecule has 1 aliphatic heterocycles. The molecule has 4 rings (SSSR count). The summed E-state index contributed by atoms with van der Waals surface area (Å²) in [6.45, 7) is 3.44. The number of benzene rings is 1.